The van der Waals surface area contributed by atoms with E-state index in [4.69, 9.17) is 11.6 Å². The predicted molar refractivity (Wildman–Crippen MR) is 126 cm³/mol. The summed E-state index contributed by atoms with van der Waals surface area (Å²) in [6.07, 6.45) is 1.94. The minimum atomic E-state index is -2.45. The third-order valence-corrected chi connectivity index (χ3v) is 5.59. The molecule has 1 atom stereocenters. The van der Waals surface area contributed by atoms with Gasteiger partial charge < -0.3 is 10.6 Å². The maximum absolute atomic E-state index is 15.1. The molecular formula is C22H22ClFN4O3S. The third-order valence-electron chi connectivity index (χ3n) is 4.52. The molecule has 32 heavy (non-hydrogen) atoms. The molecule has 0 saturated carbocycles. The molecule has 0 aliphatic heterocycles. The number of hydrogen-bond donors (Lipinski definition) is 3. The van der Waals surface area contributed by atoms with Gasteiger partial charge in [0, 0.05) is 13.1 Å². The van der Waals surface area contributed by atoms with Gasteiger partial charge in [0.15, 0.2) is 5.82 Å². The van der Waals surface area contributed by atoms with E-state index in [1.807, 2.05) is 30.3 Å². The molecular weight excluding hydrogens is 455 g/mol. The van der Waals surface area contributed by atoms with E-state index in [1.54, 1.807) is 19.1 Å². The lowest BCUT2D eigenvalue weighted by Crippen LogP contribution is -2.28. The van der Waals surface area contributed by atoms with Crippen LogP contribution in [0.4, 0.5) is 21.6 Å². The van der Waals surface area contributed by atoms with Crippen LogP contribution in [0.25, 0.3) is 0 Å². The number of hydrogen-bond acceptors (Lipinski definition) is 4. The van der Waals surface area contributed by atoms with E-state index in [0.29, 0.717) is 24.5 Å². The first kappa shape index (κ1) is 23.6. The Morgan fingerprint density at radius 2 is 1.94 bits per heavy atom. The Morgan fingerprint density at radius 3 is 2.56 bits per heavy atom. The number of pyridine rings is 1. The summed E-state index contributed by atoms with van der Waals surface area (Å²) in [6, 6.07) is 15.7. The van der Waals surface area contributed by atoms with Crippen molar-refractivity contribution in [2.75, 3.05) is 21.5 Å². The minimum absolute atomic E-state index is 0.113. The van der Waals surface area contributed by atoms with Crippen LogP contribution in [-0.2, 0) is 17.8 Å². The second-order valence-electron chi connectivity index (χ2n) is 6.81. The molecule has 1 heterocycles. The zero-order valence-electron chi connectivity index (χ0n) is 17.2. The van der Waals surface area contributed by atoms with E-state index < -0.39 is 28.6 Å². The van der Waals surface area contributed by atoms with Gasteiger partial charge in [-0.15, -0.1) is 0 Å². The van der Waals surface area contributed by atoms with Gasteiger partial charge in [-0.2, -0.15) is 0 Å². The van der Waals surface area contributed by atoms with E-state index in [2.05, 4.69) is 15.6 Å². The second-order valence-corrected chi connectivity index (χ2v) is 8.12. The van der Waals surface area contributed by atoms with E-state index in [0.717, 1.165) is 9.87 Å². The molecule has 168 valence electrons. The van der Waals surface area contributed by atoms with E-state index in [9.17, 15) is 13.6 Å². The molecule has 0 radical (unpaired) electrons. The first-order chi connectivity index (χ1) is 15.4. The van der Waals surface area contributed by atoms with Crippen LogP contribution in [0.15, 0.2) is 60.8 Å². The highest BCUT2D eigenvalue weighted by Gasteiger charge is 2.24. The Hall–Kier alpha value is -3.01. The standard InChI is InChI=1S/C22H22ClFN4O3S/c1-2-12-28(32(30)31)18-10-9-17(23)20(21(18)24)22(29)27-16-8-11-19(26-14-16)25-13-15-6-4-3-5-7-15/h3-11,14H,2,12-13H2,1H3,(H,25,26)(H,27,29)(H,30,31). The van der Waals surface area contributed by atoms with Crippen LogP contribution in [0.5, 0.6) is 0 Å². The van der Waals surface area contributed by atoms with Gasteiger partial charge in [-0.05, 0) is 36.2 Å². The molecule has 0 aliphatic rings. The molecule has 1 aromatic heterocycles. The molecule has 7 nitrogen and oxygen atoms in total. The summed E-state index contributed by atoms with van der Waals surface area (Å²) in [5.74, 6) is -1.15. The predicted octanol–water partition coefficient (Wildman–Crippen LogP) is 5.09. The Balaban J connectivity index is 1.74. The lowest BCUT2D eigenvalue weighted by atomic mass is 10.1. The fraction of sp³-hybridized carbons (Fsp3) is 0.182. The van der Waals surface area contributed by atoms with Gasteiger partial charge in [-0.1, -0.05) is 48.9 Å². The molecule has 2 aromatic carbocycles. The maximum atomic E-state index is 15.1. The van der Waals surface area contributed by atoms with Crippen molar-refractivity contribution in [2.45, 2.75) is 19.9 Å². The number of rotatable bonds is 9. The third kappa shape index (κ3) is 5.82. The average molecular weight is 477 g/mol. The van der Waals surface area contributed by atoms with Crippen LogP contribution in [0.3, 0.4) is 0 Å². The van der Waals surface area contributed by atoms with Crippen molar-refractivity contribution >= 4 is 46.0 Å². The van der Waals surface area contributed by atoms with Crippen molar-refractivity contribution in [3.8, 4) is 0 Å². The van der Waals surface area contributed by atoms with Crippen molar-refractivity contribution in [3.05, 3.63) is 82.8 Å². The summed E-state index contributed by atoms with van der Waals surface area (Å²) in [5, 5.41) is 5.62. The number of aromatic nitrogens is 1. The Kier molecular flexibility index (Phi) is 8.15. The van der Waals surface area contributed by atoms with E-state index in [1.165, 1.54) is 18.3 Å². The molecule has 1 amide bonds. The molecule has 0 spiro atoms. The number of amides is 1. The van der Waals surface area contributed by atoms with Gasteiger partial charge in [-0.25, -0.2) is 13.6 Å². The van der Waals surface area contributed by atoms with Gasteiger partial charge in [0.2, 0.25) is 0 Å². The number of benzene rings is 2. The largest absolute Gasteiger partial charge is 0.366 e. The molecule has 3 rings (SSSR count). The van der Waals surface area contributed by atoms with E-state index in [-0.39, 0.29) is 17.3 Å². The lowest BCUT2D eigenvalue weighted by molar-refractivity contribution is 0.102. The number of nitrogens with one attached hydrogen (secondary N) is 2. The number of carbonyl (C=O) groups is 1. The van der Waals surface area contributed by atoms with Crippen molar-refractivity contribution in [3.63, 3.8) is 0 Å². The quantitative estimate of drug-likeness (QED) is 0.374. The summed E-state index contributed by atoms with van der Waals surface area (Å²) >= 11 is 3.62. The summed E-state index contributed by atoms with van der Waals surface area (Å²) in [6.45, 7) is 2.50. The number of nitrogens with zero attached hydrogens (tertiary/aromatic N) is 2. The molecule has 3 N–H and O–H groups in total. The van der Waals surface area contributed by atoms with E-state index >= 15 is 4.39 Å². The Labute approximate surface area is 193 Å². The monoisotopic (exact) mass is 476 g/mol. The molecule has 0 bridgehead atoms. The van der Waals surface area contributed by atoms with Crippen molar-refractivity contribution in [2.24, 2.45) is 0 Å². The highest BCUT2D eigenvalue weighted by Crippen LogP contribution is 2.30. The minimum Gasteiger partial charge on any atom is -0.366 e. The molecule has 0 fully saturated rings. The summed E-state index contributed by atoms with van der Waals surface area (Å²) in [5.41, 5.74) is 0.845. The van der Waals surface area contributed by atoms with Gasteiger partial charge in [0.1, 0.15) is 5.82 Å². The van der Waals surface area contributed by atoms with Crippen molar-refractivity contribution in [1.82, 2.24) is 4.98 Å². The number of carbonyl (C=O) groups excluding carboxylic acids is 1. The Morgan fingerprint density at radius 1 is 1.19 bits per heavy atom. The maximum Gasteiger partial charge on any atom is 0.261 e. The molecule has 0 aliphatic carbocycles. The molecule has 1 unspecified atom stereocenters. The van der Waals surface area contributed by atoms with Crippen LogP contribution in [0, 0.1) is 5.82 Å². The van der Waals surface area contributed by atoms with Crippen molar-refractivity contribution < 1.29 is 17.9 Å². The first-order valence-corrected chi connectivity index (χ1v) is 11.3. The zero-order valence-corrected chi connectivity index (χ0v) is 18.8. The number of anilines is 3. The number of halogens is 2. The van der Waals surface area contributed by atoms with Crippen molar-refractivity contribution in [1.29, 1.82) is 0 Å². The van der Waals surface area contributed by atoms with Crippen LogP contribution in [-0.4, -0.2) is 26.2 Å². The normalized spacial score (nSPS) is 11.6. The Bertz CT molecular complexity index is 1100. The summed E-state index contributed by atoms with van der Waals surface area (Å²) < 4.78 is 37.1. The van der Waals surface area contributed by atoms with Gasteiger partial charge in [0.25, 0.3) is 17.2 Å². The summed E-state index contributed by atoms with van der Waals surface area (Å²) in [7, 11) is 0. The van der Waals surface area contributed by atoms with Gasteiger partial charge >= 0.3 is 0 Å². The fourth-order valence-corrected chi connectivity index (χ4v) is 3.86. The fourth-order valence-electron chi connectivity index (χ4n) is 2.98. The highest BCUT2D eigenvalue weighted by atomic mass is 35.5. The zero-order chi connectivity index (χ0) is 23.1. The lowest BCUT2D eigenvalue weighted by Gasteiger charge is -2.21. The van der Waals surface area contributed by atoms with Gasteiger partial charge in [0.05, 0.1) is 28.2 Å². The highest BCUT2D eigenvalue weighted by molar-refractivity contribution is 7.80. The summed E-state index contributed by atoms with van der Waals surface area (Å²) in [4.78, 5) is 17.0. The topological polar surface area (TPSA) is 94.6 Å². The van der Waals surface area contributed by atoms with Gasteiger partial charge in [-0.3, -0.25) is 13.7 Å². The smallest absolute Gasteiger partial charge is 0.261 e. The van der Waals surface area contributed by atoms with Crippen LogP contribution in [0.1, 0.15) is 29.3 Å². The second kappa shape index (κ2) is 11.0. The molecule has 0 saturated heterocycles. The van der Waals surface area contributed by atoms with Crippen LogP contribution >= 0.6 is 11.6 Å². The van der Waals surface area contributed by atoms with Crippen LogP contribution in [0.2, 0.25) is 5.02 Å². The molecule has 3 aromatic rings. The van der Waals surface area contributed by atoms with Crippen LogP contribution < -0.4 is 14.9 Å². The first-order valence-electron chi connectivity index (χ1n) is 9.82. The average Bonchev–Trinajstić information content (AvgIpc) is 2.78. The SMILES string of the molecule is CCCN(c1ccc(Cl)c(C(=O)Nc2ccc(NCc3ccccc3)nc2)c1F)S(=O)O. The molecule has 10 heteroatoms.